The molecule has 3 rings (SSSR count). The van der Waals surface area contributed by atoms with Crippen LogP contribution in [0.25, 0.3) is 0 Å². The van der Waals surface area contributed by atoms with E-state index >= 15 is 0 Å². The lowest BCUT2D eigenvalue weighted by Crippen LogP contribution is -2.41. The Kier molecular flexibility index (Phi) is 3.94. The summed E-state index contributed by atoms with van der Waals surface area (Å²) >= 11 is 0. The molecule has 0 unspecified atom stereocenters. The van der Waals surface area contributed by atoms with Crippen molar-refractivity contribution >= 4 is 12.6 Å². The van der Waals surface area contributed by atoms with E-state index in [0.29, 0.717) is 11.5 Å². The molecule has 0 bridgehead atoms. The third-order valence-electron chi connectivity index (χ3n) is 4.47. The molecule has 0 aliphatic carbocycles. The van der Waals surface area contributed by atoms with Crippen molar-refractivity contribution in [2.24, 2.45) is 0 Å². The third-order valence-corrected chi connectivity index (χ3v) is 4.47. The van der Waals surface area contributed by atoms with Gasteiger partial charge in [0.05, 0.1) is 16.7 Å². The maximum atomic E-state index is 14.5. The summed E-state index contributed by atoms with van der Waals surface area (Å²) in [6, 6.07) is 14.0. The van der Waals surface area contributed by atoms with Crippen LogP contribution in [0.15, 0.2) is 48.5 Å². The average molecular weight is 314 g/mol. The standard InChI is InChI=1S/C18H20BFO3/c1-17(2)18(3,4)23-19(22-17)16-14(20)11-8-12-15(16)21-13-9-6-5-7-10-13/h5-12H,1-4H3. The van der Waals surface area contributed by atoms with Crippen molar-refractivity contribution in [1.82, 2.24) is 0 Å². The summed E-state index contributed by atoms with van der Waals surface area (Å²) < 4.78 is 32.2. The van der Waals surface area contributed by atoms with Crippen molar-refractivity contribution < 1.29 is 18.4 Å². The van der Waals surface area contributed by atoms with Gasteiger partial charge in [-0.1, -0.05) is 24.3 Å². The van der Waals surface area contributed by atoms with Crippen molar-refractivity contribution in [1.29, 1.82) is 0 Å². The fraction of sp³-hybridized carbons (Fsp3) is 0.333. The summed E-state index contributed by atoms with van der Waals surface area (Å²) in [5.74, 6) is 0.627. The molecular formula is C18H20BFO3. The molecule has 1 aliphatic heterocycles. The highest BCUT2D eigenvalue weighted by Gasteiger charge is 2.53. The Morgan fingerprint density at radius 2 is 1.48 bits per heavy atom. The van der Waals surface area contributed by atoms with Crippen LogP contribution in [-0.2, 0) is 9.31 Å². The van der Waals surface area contributed by atoms with Gasteiger partial charge >= 0.3 is 7.12 Å². The van der Waals surface area contributed by atoms with Gasteiger partial charge in [0, 0.05) is 0 Å². The monoisotopic (exact) mass is 314 g/mol. The molecule has 1 fully saturated rings. The molecule has 0 amide bonds. The second-order valence-electron chi connectivity index (χ2n) is 6.66. The van der Waals surface area contributed by atoms with Crippen LogP contribution >= 0.6 is 0 Å². The fourth-order valence-corrected chi connectivity index (χ4v) is 2.41. The zero-order valence-electron chi connectivity index (χ0n) is 13.8. The maximum absolute atomic E-state index is 14.5. The maximum Gasteiger partial charge on any atom is 0.501 e. The molecular weight excluding hydrogens is 294 g/mol. The summed E-state index contributed by atoms with van der Waals surface area (Å²) in [5, 5.41) is 0. The van der Waals surface area contributed by atoms with Crippen LogP contribution in [0.4, 0.5) is 4.39 Å². The van der Waals surface area contributed by atoms with E-state index in [4.69, 9.17) is 14.0 Å². The topological polar surface area (TPSA) is 27.7 Å². The molecule has 120 valence electrons. The molecule has 5 heteroatoms. The molecule has 0 aromatic heterocycles. The minimum Gasteiger partial charge on any atom is -0.458 e. The van der Waals surface area contributed by atoms with E-state index in [0.717, 1.165) is 0 Å². The van der Waals surface area contributed by atoms with Crippen LogP contribution in [-0.4, -0.2) is 18.3 Å². The van der Waals surface area contributed by atoms with Gasteiger partial charge in [-0.25, -0.2) is 4.39 Å². The van der Waals surface area contributed by atoms with Crippen LogP contribution in [0.3, 0.4) is 0 Å². The summed E-state index contributed by atoms with van der Waals surface area (Å²) in [4.78, 5) is 0. The first-order chi connectivity index (χ1) is 10.8. The van der Waals surface area contributed by atoms with E-state index in [-0.39, 0.29) is 5.46 Å². The second kappa shape index (κ2) is 5.66. The SMILES string of the molecule is CC1(C)OB(c2c(F)cccc2Oc2ccccc2)OC1(C)C. The Bertz CT molecular complexity index is 685. The van der Waals surface area contributed by atoms with E-state index in [1.165, 1.54) is 6.07 Å². The smallest absolute Gasteiger partial charge is 0.458 e. The van der Waals surface area contributed by atoms with Crippen LogP contribution in [0, 0.1) is 5.82 Å². The highest BCUT2D eigenvalue weighted by Crippen LogP contribution is 2.37. The molecule has 23 heavy (non-hydrogen) atoms. The zero-order valence-corrected chi connectivity index (χ0v) is 13.8. The quantitative estimate of drug-likeness (QED) is 0.804. The third kappa shape index (κ3) is 2.99. The van der Waals surface area contributed by atoms with Gasteiger partial charge < -0.3 is 14.0 Å². The summed E-state index contributed by atoms with van der Waals surface area (Å²) in [6.07, 6.45) is 0. The Labute approximate surface area is 136 Å². The predicted molar refractivity (Wildman–Crippen MR) is 88.6 cm³/mol. The van der Waals surface area contributed by atoms with Gasteiger partial charge in [0.1, 0.15) is 17.3 Å². The van der Waals surface area contributed by atoms with Crippen molar-refractivity contribution in [3.8, 4) is 11.5 Å². The van der Waals surface area contributed by atoms with E-state index in [2.05, 4.69) is 0 Å². The molecule has 0 N–H and O–H groups in total. The molecule has 1 saturated heterocycles. The van der Waals surface area contributed by atoms with Crippen LogP contribution < -0.4 is 10.2 Å². The summed E-state index contributed by atoms with van der Waals surface area (Å²) in [6.45, 7) is 7.74. The van der Waals surface area contributed by atoms with Crippen molar-refractivity contribution in [3.05, 3.63) is 54.3 Å². The van der Waals surface area contributed by atoms with Crippen LogP contribution in [0.5, 0.6) is 11.5 Å². The first kappa shape index (κ1) is 16.0. The molecule has 2 aromatic carbocycles. The Balaban J connectivity index is 1.97. The lowest BCUT2D eigenvalue weighted by molar-refractivity contribution is 0.00578. The van der Waals surface area contributed by atoms with Gasteiger partial charge in [-0.2, -0.15) is 0 Å². The van der Waals surface area contributed by atoms with Crippen LogP contribution in [0.1, 0.15) is 27.7 Å². The summed E-state index contributed by atoms with van der Waals surface area (Å²) in [7, 11) is -0.806. The first-order valence-corrected chi connectivity index (χ1v) is 7.67. The van der Waals surface area contributed by atoms with Gasteiger partial charge in [0.2, 0.25) is 0 Å². The van der Waals surface area contributed by atoms with Crippen molar-refractivity contribution in [2.45, 2.75) is 38.9 Å². The largest absolute Gasteiger partial charge is 0.501 e. The second-order valence-corrected chi connectivity index (χ2v) is 6.66. The van der Waals surface area contributed by atoms with Gasteiger partial charge in [-0.3, -0.25) is 0 Å². The number of para-hydroxylation sites is 1. The fourth-order valence-electron chi connectivity index (χ4n) is 2.41. The molecule has 0 spiro atoms. The number of rotatable bonds is 3. The van der Waals surface area contributed by atoms with Gasteiger partial charge in [-0.15, -0.1) is 0 Å². The number of ether oxygens (including phenoxy) is 1. The first-order valence-electron chi connectivity index (χ1n) is 7.67. The van der Waals surface area contributed by atoms with Gasteiger partial charge in [0.25, 0.3) is 0 Å². The number of halogens is 1. The normalized spacial score (nSPS) is 18.9. The van der Waals surface area contributed by atoms with Crippen LogP contribution in [0.2, 0.25) is 0 Å². The molecule has 0 saturated carbocycles. The lowest BCUT2D eigenvalue weighted by Gasteiger charge is -2.32. The van der Waals surface area contributed by atoms with E-state index in [1.54, 1.807) is 12.1 Å². The Morgan fingerprint density at radius 1 is 0.870 bits per heavy atom. The zero-order chi connectivity index (χ0) is 16.7. The minimum absolute atomic E-state index is 0.287. The van der Waals surface area contributed by atoms with Crippen molar-refractivity contribution in [2.75, 3.05) is 0 Å². The summed E-state index contributed by atoms with van der Waals surface area (Å²) in [5.41, 5.74) is -0.788. The minimum atomic E-state index is -0.806. The van der Waals surface area contributed by atoms with E-state index in [1.807, 2.05) is 58.0 Å². The van der Waals surface area contributed by atoms with Crippen molar-refractivity contribution in [3.63, 3.8) is 0 Å². The van der Waals surface area contributed by atoms with E-state index < -0.39 is 24.1 Å². The van der Waals surface area contributed by atoms with Gasteiger partial charge in [-0.05, 0) is 52.0 Å². The number of benzene rings is 2. The van der Waals surface area contributed by atoms with E-state index in [9.17, 15) is 4.39 Å². The Hall–Kier alpha value is -1.85. The Morgan fingerprint density at radius 3 is 2.09 bits per heavy atom. The van der Waals surface area contributed by atoms with Gasteiger partial charge in [0.15, 0.2) is 0 Å². The number of hydrogen-bond donors (Lipinski definition) is 0. The highest BCUT2D eigenvalue weighted by molar-refractivity contribution is 6.63. The number of hydrogen-bond acceptors (Lipinski definition) is 3. The molecule has 3 nitrogen and oxygen atoms in total. The molecule has 1 aliphatic rings. The highest BCUT2D eigenvalue weighted by atomic mass is 19.1. The molecule has 0 atom stereocenters. The molecule has 0 radical (unpaired) electrons. The molecule has 2 aromatic rings. The predicted octanol–water partition coefficient (Wildman–Crippen LogP) is 3.92. The molecule has 1 heterocycles. The average Bonchev–Trinajstić information content (AvgIpc) is 2.68. The lowest BCUT2D eigenvalue weighted by atomic mass is 9.78.